The average Bonchev–Trinajstić information content (AvgIpc) is 2.12. The molecule has 1 unspecified atom stereocenters. The highest BCUT2D eigenvalue weighted by molar-refractivity contribution is 5.82. The highest BCUT2D eigenvalue weighted by Crippen LogP contribution is 2.17. The Hall–Kier alpha value is -0.610. The van der Waals surface area contributed by atoms with Crippen LogP contribution in [0.15, 0.2) is 0 Å². The van der Waals surface area contributed by atoms with Crippen molar-refractivity contribution < 1.29 is 9.90 Å². The second kappa shape index (κ2) is 6.08. The first kappa shape index (κ1) is 14.4. The van der Waals surface area contributed by atoms with Gasteiger partial charge in [0.15, 0.2) is 0 Å². The van der Waals surface area contributed by atoms with Crippen molar-refractivity contribution in [2.75, 3.05) is 13.2 Å². The van der Waals surface area contributed by atoms with Crippen molar-refractivity contribution in [2.45, 2.75) is 40.2 Å². The van der Waals surface area contributed by atoms with E-state index < -0.39 is 6.04 Å². The van der Waals surface area contributed by atoms with Crippen LogP contribution >= 0.6 is 0 Å². The second-order valence-electron chi connectivity index (χ2n) is 5.21. The number of carbonyl (C=O) groups excluding carboxylic acids is 1. The summed E-state index contributed by atoms with van der Waals surface area (Å²) < 4.78 is 0. The van der Waals surface area contributed by atoms with Crippen LogP contribution in [0.1, 0.15) is 34.1 Å². The van der Waals surface area contributed by atoms with E-state index in [4.69, 9.17) is 10.8 Å². The van der Waals surface area contributed by atoms with Crippen LogP contribution in [0.2, 0.25) is 0 Å². The summed E-state index contributed by atoms with van der Waals surface area (Å²) in [5.74, 6) is 0.165. The minimum atomic E-state index is -0.487. The summed E-state index contributed by atoms with van der Waals surface area (Å²) in [6, 6.07) is -0.487. The maximum Gasteiger partial charge on any atom is 0.237 e. The van der Waals surface area contributed by atoms with E-state index in [9.17, 15) is 4.79 Å². The molecule has 0 aliphatic rings. The van der Waals surface area contributed by atoms with Crippen LogP contribution in [0.5, 0.6) is 0 Å². The van der Waals surface area contributed by atoms with Gasteiger partial charge in [-0.15, -0.1) is 0 Å². The number of nitrogens with two attached hydrogens (primary N) is 1. The normalized spacial score (nSPS) is 15.9. The predicted molar refractivity (Wildman–Crippen MR) is 61.3 cm³/mol. The fourth-order valence-electron chi connectivity index (χ4n) is 1.10. The number of hydrogen-bond acceptors (Lipinski definition) is 3. The van der Waals surface area contributed by atoms with Crippen molar-refractivity contribution in [2.24, 2.45) is 17.1 Å². The van der Waals surface area contributed by atoms with Gasteiger partial charge in [0.05, 0.1) is 6.04 Å². The first-order chi connectivity index (χ1) is 6.79. The van der Waals surface area contributed by atoms with Crippen LogP contribution in [-0.2, 0) is 4.79 Å². The van der Waals surface area contributed by atoms with Gasteiger partial charge in [0.1, 0.15) is 0 Å². The van der Waals surface area contributed by atoms with E-state index in [1.165, 1.54) is 0 Å². The van der Waals surface area contributed by atoms with Crippen LogP contribution < -0.4 is 11.1 Å². The van der Waals surface area contributed by atoms with Gasteiger partial charge in [0, 0.05) is 13.2 Å². The van der Waals surface area contributed by atoms with Crippen LogP contribution in [0.3, 0.4) is 0 Å². The first-order valence-electron chi connectivity index (χ1n) is 5.43. The van der Waals surface area contributed by atoms with Crippen molar-refractivity contribution in [1.29, 1.82) is 0 Å². The van der Waals surface area contributed by atoms with Crippen LogP contribution in [-0.4, -0.2) is 30.2 Å². The Bertz CT molecular complexity index is 199. The largest absolute Gasteiger partial charge is 0.396 e. The minimum absolute atomic E-state index is 0.118. The second-order valence-corrected chi connectivity index (χ2v) is 5.21. The standard InChI is InChI=1S/C11H24N2O2/c1-8(5-6-14)7-13-10(15)9(12)11(2,3)4/h8-9,14H,5-7,12H2,1-4H3,(H,13,15)/t8?,9-/m1/s1. The Labute approximate surface area is 92.2 Å². The lowest BCUT2D eigenvalue weighted by atomic mass is 9.87. The molecule has 90 valence electrons. The van der Waals surface area contributed by atoms with E-state index in [0.717, 1.165) is 0 Å². The molecule has 2 atom stereocenters. The number of nitrogens with one attached hydrogen (secondary N) is 1. The van der Waals surface area contributed by atoms with E-state index in [1.807, 2.05) is 27.7 Å². The van der Waals surface area contributed by atoms with E-state index >= 15 is 0 Å². The zero-order valence-corrected chi connectivity index (χ0v) is 10.2. The van der Waals surface area contributed by atoms with E-state index in [0.29, 0.717) is 13.0 Å². The summed E-state index contributed by atoms with van der Waals surface area (Å²) >= 11 is 0. The van der Waals surface area contributed by atoms with Crippen molar-refractivity contribution in [1.82, 2.24) is 5.32 Å². The molecule has 4 N–H and O–H groups in total. The molecule has 0 rings (SSSR count). The van der Waals surface area contributed by atoms with E-state index in [2.05, 4.69) is 5.32 Å². The van der Waals surface area contributed by atoms with E-state index in [1.54, 1.807) is 0 Å². The summed E-state index contributed by atoms with van der Waals surface area (Å²) in [5.41, 5.74) is 5.58. The lowest BCUT2D eigenvalue weighted by Gasteiger charge is -2.26. The van der Waals surface area contributed by atoms with Crippen molar-refractivity contribution in [3.8, 4) is 0 Å². The molecule has 0 aliphatic carbocycles. The number of rotatable bonds is 5. The summed E-state index contributed by atoms with van der Waals surface area (Å²) in [6.07, 6.45) is 0.699. The minimum Gasteiger partial charge on any atom is -0.396 e. The Balaban J connectivity index is 3.94. The molecule has 0 aromatic rings. The number of amides is 1. The molecule has 0 fully saturated rings. The molecule has 15 heavy (non-hydrogen) atoms. The molecule has 0 saturated carbocycles. The van der Waals surface area contributed by atoms with Gasteiger partial charge in [0.2, 0.25) is 5.91 Å². The monoisotopic (exact) mass is 216 g/mol. The number of aliphatic hydroxyl groups excluding tert-OH is 1. The highest BCUT2D eigenvalue weighted by Gasteiger charge is 2.27. The summed E-state index contributed by atoms with van der Waals surface area (Å²) in [7, 11) is 0. The third-order valence-corrected chi connectivity index (χ3v) is 2.46. The average molecular weight is 216 g/mol. The van der Waals surface area contributed by atoms with Gasteiger partial charge in [-0.05, 0) is 17.8 Å². The Kier molecular flexibility index (Phi) is 5.83. The molecule has 0 radical (unpaired) electrons. The fourth-order valence-corrected chi connectivity index (χ4v) is 1.10. The van der Waals surface area contributed by atoms with Gasteiger partial charge in [-0.2, -0.15) is 0 Å². The van der Waals surface area contributed by atoms with Crippen LogP contribution in [0, 0.1) is 11.3 Å². The molecule has 0 aliphatic heterocycles. The molecule has 0 spiro atoms. The predicted octanol–water partition coefficient (Wildman–Crippen LogP) is 0.494. The SMILES string of the molecule is CC(CCO)CNC(=O)[C@@H](N)C(C)(C)C. The fraction of sp³-hybridized carbons (Fsp3) is 0.909. The molecule has 0 saturated heterocycles. The molecular formula is C11H24N2O2. The smallest absolute Gasteiger partial charge is 0.237 e. The molecule has 4 nitrogen and oxygen atoms in total. The highest BCUT2D eigenvalue weighted by atomic mass is 16.3. The van der Waals surface area contributed by atoms with E-state index in [-0.39, 0.29) is 23.8 Å². The van der Waals surface area contributed by atoms with Crippen LogP contribution in [0.25, 0.3) is 0 Å². The Morgan fingerprint density at radius 1 is 1.47 bits per heavy atom. The molecule has 0 heterocycles. The summed E-state index contributed by atoms with van der Waals surface area (Å²) in [4.78, 5) is 11.6. The van der Waals surface area contributed by atoms with Crippen LogP contribution in [0.4, 0.5) is 0 Å². The van der Waals surface area contributed by atoms with Gasteiger partial charge in [0.25, 0.3) is 0 Å². The van der Waals surface area contributed by atoms with Gasteiger partial charge in [-0.25, -0.2) is 0 Å². The topological polar surface area (TPSA) is 75.3 Å². The lowest BCUT2D eigenvalue weighted by Crippen LogP contribution is -2.49. The Morgan fingerprint density at radius 3 is 2.40 bits per heavy atom. The molecule has 0 aromatic carbocycles. The molecule has 0 bridgehead atoms. The lowest BCUT2D eigenvalue weighted by molar-refractivity contribution is -0.124. The van der Waals surface area contributed by atoms with Crippen molar-refractivity contribution in [3.63, 3.8) is 0 Å². The van der Waals surface area contributed by atoms with Gasteiger partial charge >= 0.3 is 0 Å². The van der Waals surface area contributed by atoms with Gasteiger partial charge in [-0.3, -0.25) is 4.79 Å². The molecule has 0 aromatic heterocycles. The number of hydrogen-bond donors (Lipinski definition) is 3. The van der Waals surface area contributed by atoms with Crippen molar-refractivity contribution >= 4 is 5.91 Å². The van der Waals surface area contributed by atoms with Gasteiger partial charge < -0.3 is 16.2 Å². The third kappa shape index (κ3) is 5.74. The Morgan fingerprint density at radius 2 is 2.00 bits per heavy atom. The quantitative estimate of drug-likeness (QED) is 0.626. The maximum absolute atomic E-state index is 11.6. The van der Waals surface area contributed by atoms with Gasteiger partial charge in [-0.1, -0.05) is 27.7 Å². The number of aliphatic hydroxyl groups is 1. The summed E-state index contributed by atoms with van der Waals surface area (Å²) in [6.45, 7) is 8.53. The van der Waals surface area contributed by atoms with Crippen molar-refractivity contribution in [3.05, 3.63) is 0 Å². The summed E-state index contributed by atoms with van der Waals surface area (Å²) in [5, 5.41) is 11.5. The number of carbonyl (C=O) groups is 1. The molecular weight excluding hydrogens is 192 g/mol. The maximum atomic E-state index is 11.6. The zero-order chi connectivity index (χ0) is 12.1. The zero-order valence-electron chi connectivity index (χ0n) is 10.2. The molecule has 4 heteroatoms. The third-order valence-electron chi connectivity index (χ3n) is 2.46. The molecule has 1 amide bonds. The first-order valence-corrected chi connectivity index (χ1v) is 5.43.